The average molecular weight is 1060 g/mol. The molecule has 4 N–H and O–H groups in total. The van der Waals surface area contributed by atoms with Gasteiger partial charge in [-0.05, 0) is 89.6 Å². The molecular weight excluding hydrogens is 970 g/mol. The van der Waals surface area contributed by atoms with Gasteiger partial charge in [-0.25, -0.2) is 9.07 Å². The Kier molecular flexibility index (Phi) is 20.4. The second-order valence-corrected chi connectivity index (χ2v) is 22.4. The predicted octanol–water partition coefficient (Wildman–Crippen LogP) is 5.88. The van der Waals surface area contributed by atoms with Crippen molar-refractivity contribution in [2.24, 2.45) is 29.6 Å². The minimum Gasteiger partial charge on any atom is -0.459 e. The van der Waals surface area contributed by atoms with Crippen molar-refractivity contribution < 1.29 is 67.6 Å². The summed E-state index contributed by atoms with van der Waals surface area (Å²) in [7, 11) is 6.47. The number of carbonyl (C=O) groups excluding carboxylic acids is 2. The quantitative estimate of drug-likeness (QED) is 0.123. The number of aliphatic hydroxyl groups excluding tert-OH is 3. The lowest BCUT2D eigenvalue weighted by Gasteiger charge is -2.52. The number of ether oxygens (including phenoxy) is 7. The van der Waals surface area contributed by atoms with Crippen molar-refractivity contribution in [1.82, 2.24) is 24.9 Å². The summed E-state index contributed by atoms with van der Waals surface area (Å²) in [5.74, 6) is -5.20. The molecule has 75 heavy (non-hydrogen) atoms. The Morgan fingerprint density at radius 2 is 1.59 bits per heavy atom. The lowest BCUT2D eigenvalue weighted by molar-refractivity contribution is -0.305. The molecule has 3 aliphatic rings. The Balaban J connectivity index is 1.28. The third kappa shape index (κ3) is 13.0. The van der Waals surface area contributed by atoms with Crippen LogP contribution in [0.4, 0.5) is 4.39 Å². The maximum atomic E-state index is 14.9. The second-order valence-electron chi connectivity index (χ2n) is 22.4. The van der Waals surface area contributed by atoms with E-state index >= 15 is 0 Å². The maximum Gasteiger partial charge on any atom is 0.309 e. The van der Waals surface area contributed by atoms with Gasteiger partial charge in [0.1, 0.15) is 48.5 Å². The zero-order valence-electron chi connectivity index (χ0n) is 46.5. The van der Waals surface area contributed by atoms with Crippen LogP contribution in [-0.2, 0) is 49.2 Å². The summed E-state index contributed by atoms with van der Waals surface area (Å²) in [6.07, 6.45) is -3.29. The van der Waals surface area contributed by atoms with Crippen LogP contribution < -0.4 is 0 Å². The molecule has 1 aromatic carbocycles. The fourth-order valence-electron chi connectivity index (χ4n) is 12.3. The van der Waals surface area contributed by atoms with E-state index in [0.717, 1.165) is 16.7 Å². The number of esters is 1. The Morgan fingerprint density at radius 3 is 2.19 bits per heavy atom. The fourth-order valence-corrected chi connectivity index (χ4v) is 12.3. The highest BCUT2D eigenvalue weighted by Crippen LogP contribution is 2.46. The van der Waals surface area contributed by atoms with Crippen LogP contribution in [0.2, 0.25) is 0 Å². The van der Waals surface area contributed by atoms with E-state index in [0.29, 0.717) is 25.1 Å². The molecule has 0 bridgehead atoms. The van der Waals surface area contributed by atoms with Gasteiger partial charge in [0.05, 0.1) is 53.3 Å². The van der Waals surface area contributed by atoms with Gasteiger partial charge in [0, 0.05) is 83.1 Å². The highest BCUT2D eigenvalue weighted by molar-refractivity contribution is 5.83. The van der Waals surface area contributed by atoms with Gasteiger partial charge in [-0.3, -0.25) is 14.6 Å². The van der Waals surface area contributed by atoms with Gasteiger partial charge in [0.15, 0.2) is 6.29 Å². The molecule has 0 amide bonds. The van der Waals surface area contributed by atoms with Crippen molar-refractivity contribution in [3.8, 4) is 11.1 Å². The molecule has 19 heteroatoms. The van der Waals surface area contributed by atoms with Crippen LogP contribution in [0, 0.1) is 29.6 Å². The molecule has 0 radical (unpaired) electrons. The topological polar surface area (TPSA) is 227 Å². The Labute approximate surface area is 442 Å². The van der Waals surface area contributed by atoms with Crippen molar-refractivity contribution in [2.45, 2.75) is 191 Å². The number of alkyl halides is 1. The lowest BCUT2D eigenvalue weighted by atomic mass is 9.67. The molecule has 1 unspecified atom stereocenters. The number of hydrogen-bond donors (Lipinski definition) is 4. The molecule has 3 aliphatic heterocycles. The smallest absolute Gasteiger partial charge is 0.309 e. The van der Waals surface area contributed by atoms with E-state index in [1.54, 1.807) is 67.2 Å². The van der Waals surface area contributed by atoms with Crippen molar-refractivity contribution in [3.05, 3.63) is 66.2 Å². The molecule has 3 fully saturated rings. The molecular formula is C56H86FN5O13. The average Bonchev–Trinajstić information content (AvgIpc) is 3.87. The van der Waals surface area contributed by atoms with E-state index in [2.05, 4.69) is 15.3 Å². The fraction of sp³-hybridized carbons (Fsp3) is 0.732. The van der Waals surface area contributed by atoms with E-state index in [4.69, 9.17) is 33.2 Å². The lowest BCUT2D eigenvalue weighted by Crippen LogP contribution is -2.62. The Morgan fingerprint density at radius 1 is 0.907 bits per heavy atom. The van der Waals surface area contributed by atoms with Crippen LogP contribution in [0.15, 0.2) is 55.0 Å². The first-order valence-electron chi connectivity index (χ1n) is 26.7. The number of ketones is 1. The third-order valence-electron chi connectivity index (χ3n) is 17.1. The molecule has 6 rings (SSSR count). The minimum atomic E-state index is -2.00. The van der Waals surface area contributed by atoms with Crippen LogP contribution in [0.5, 0.6) is 0 Å². The van der Waals surface area contributed by atoms with Crippen molar-refractivity contribution in [1.29, 1.82) is 0 Å². The SMILES string of the molecule is CC[C@H]1OC(=O)[C@H](C)[C@@H](C2C[C@@](C)(OC)[C@@H](O)[C@H](C)O2)[C@H](C)[C@@H](O[C@@H]2O[C@H](C)C[C@H](N(C)CCc3cn([C@H](CF)[C@H](OC)c4ccc(-c5cccnc5)cc4)nn3)[C@H]2O)[C@](C)(OC)C[C@@H](C)C(=O)[C@H](C)[C@@H](O)[C@]1(C)O. The molecule has 5 heterocycles. The molecule has 0 aliphatic carbocycles. The predicted molar refractivity (Wildman–Crippen MR) is 277 cm³/mol. The Hall–Kier alpha value is -3.86. The van der Waals surface area contributed by atoms with Gasteiger partial charge >= 0.3 is 5.97 Å². The summed E-state index contributed by atoms with van der Waals surface area (Å²) in [4.78, 5) is 35.2. The molecule has 20 atom stereocenters. The van der Waals surface area contributed by atoms with Gasteiger partial charge in [-0.1, -0.05) is 70.2 Å². The number of carbonyl (C=O) groups is 2. The maximum absolute atomic E-state index is 14.9. The van der Waals surface area contributed by atoms with Crippen LogP contribution in [0.3, 0.4) is 0 Å². The largest absolute Gasteiger partial charge is 0.459 e. The number of cyclic esters (lactones) is 1. The molecule has 3 saturated heterocycles. The number of aliphatic hydroxyl groups is 4. The zero-order valence-corrected chi connectivity index (χ0v) is 46.5. The van der Waals surface area contributed by atoms with Gasteiger partial charge in [0.25, 0.3) is 0 Å². The molecule has 0 spiro atoms. The number of halogens is 1. The van der Waals surface area contributed by atoms with E-state index in [1.807, 2.05) is 69.1 Å². The molecule has 420 valence electrons. The van der Waals surface area contributed by atoms with Gasteiger partial charge in [-0.2, -0.15) is 0 Å². The van der Waals surface area contributed by atoms with Crippen molar-refractivity contribution >= 4 is 11.8 Å². The van der Waals surface area contributed by atoms with E-state index in [1.165, 1.54) is 25.8 Å². The summed E-state index contributed by atoms with van der Waals surface area (Å²) in [6.45, 7) is 17.0. The van der Waals surface area contributed by atoms with E-state index < -0.39 is 132 Å². The molecule has 3 aromatic rings. The number of pyridine rings is 1. The summed E-state index contributed by atoms with van der Waals surface area (Å²) in [6, 6.07) is 10.3. The number of likely N-dealkylation sites (N-methyl/N-ethyl adjacent to an activating group) is 1. The number of benzene rings is 1. The number of aromatic nitrogens is 4. The number of nitrogens with zero attached hydrogens (tertiary/aromatic N) is 5. The van der Waals surface area contributed by atoms with E-state index in [9.17, 15) is 34.4 Å². The van der Waals surface area contributed by atoms with Gasteiger partial charge in [-0.15, -0.1) is 5.10 Å². The second kappa shape index (κ2) is 25.3. The molecule has 2 aromatic heterocycles. The van der Waals surface area contributed by atoms with Crippen molar-refractivity contribution in [3.63, 3.8) is 0 Å². The molecule has 18 nitrogen and oxygen atoms in total. The number of methoxy groups -OCH3 is 3. The van der Waals surface area contributed by atoms with Crippen molar-refractivity contribution in [2.75, 3.05) is 41.6 Å². The minimum absolute atomic E-state index is 0.0744. The highest BCUT2D eigenvalue weighted by Gasteiger charge is 2.56. The van der Waals surface area contributed by atoms with Gasteiger partial charge < -0.3 is 58.5 Å². The molecule has 0 saturated carbocycles. The first-order chi connectivity index (χ1) is 35.4. The summed E-state index contributed by atoms with van der Waals surface area (Å²) < 4.78 is 61.0. The zero-order chi connectivity index (χ0) is 55.3. The third-order valence-corrected chi connectivity index (χ3v) is 17.1. The number of hydrogen-bond acceptors (Lipinski definition) is 17. The van der Waals surface area contributed by atoms with Crippen LogP contribution in [0.1, 0.15) is 118 Å². The summed E-state index contributed by atoms with van der Waals surface area (Å²) in [5, 5.41) is 56.0. The van der Waals surface area contributed by atoms with Gasteiger partial charge in [0.2, 0.25) is 0 Å². The standard InChI is InChI=1S/C56H86FN5O13/c1-15-44-56(10,68)49(65)35(6)46(63)31(2)26-55(9,71-14)51(33(4)45(34(5)52(67)74-44)43-27-54(8,70-13)50(66)36(7)73-43)75-53-47(64)41(25-32(3)72-53)61(11)24-22-40-30-62(60-59-40)42(28-57)48(69-12)38-20-18-37(19-21-38)39-17-16-23-58-29-39/h16-21,23,29-36,41-45,47-51,53,64-66,68H,15,22,24-28H2,1-14H3/t31-,32-,33+,34-,35+,36+,41+,42-,43?,44-,45+,47-,48-,49-,50+,51-,53+,54-,55-,56-/m1/s1. The normalized spacial score (nSPS) is 38.4. The van der Waals surface area contributed by atoms with Crippen LogP contribution in [-0.4, -0.2) is 177 Å². The number of Topliss-reactive ketones (excluding diaryl/α,β-unsaturated/α-hetero) is 1. The summed E-state index contributed by atoms with van der Waals surface area (Å²) >= 11 is 0. The van der Waals surface area contributed by atoms with Crippen LogP contribution in [0.25, 0.3) is 11.1 Å². The number of rotatable bonds is 16. The van der Waals surface area contributed by atoms with E-state index in [-0.39, 0.29) is 25.0 Å². The Bertz CT molecular complexity index is 2300. The first kappa shape index (κ1) is 60.4. The van der Waals surface area contributed by atoms with Crippen LogP contribution >= 0.6 is 0 Å². The summed E-state index contributed by atoms with van der Waals surface area (Å²) in [5.41, 5.74) is -1.07. The first-order valence-corrected chi connectivity index (χ1v) is 26.7. The monoisotopic (exact) mass is 1060 g/mol. The highest BCUT2D eigenvalue weighted by atomic mass is 19.1.